The third-order valence-electron chi connectivity index (χ3n) is 2.81. The summed E-state index contributed by atoms with van der Waals surface area (Å²) < 4.78 is 6.88. The number of aryl methyl sites for hydroxylation is 2. The summed E-state index contributed by atoms with van der Waals surface area (Å²) in [6.07, 6.45) is 1.01. The van der Waals surface area contributed by atoms with Crippen molar-refractivity contribution in [3.05, 3.63) is 44.7 Å². The van der Waals surface area contributed by atoms with E-state index in [-0.39, 0.29) is 6.61 Å². The highest BCUT2D eigenvalue weighted by Crippen LogP contribution is 2.28. The average Bonchev–Trinajstić information content (AvgIpc) is 2.81. The van der Waals surface area contributed by atoms with Gasteiger partial charge in [-0.15, -0.1) is 0 Å². The maximum absolute atomic E-state index is 9.00. The van der Waals surface area contributed by atoms with Gasteiger partial charge in [-0.1, -0.05) is 6.92 Å². The number of aliphatic hydroxyl groups excluding tert-OH is 1. The van der Waals surface area contributed by atoms with Gasteiger partial charge in [0.15, 0.2) is 0 Å². The molecule has 1 aromatic heterocycles. The predicted octanol–water partition coefficient (Wildman–Crippen LogP) is 3.91. The molecule has 0 fully saturated rings. The van der Waals surface area contributed by atoms with E-state index in [9.17, 15) is 0 Å². The molecule has 17 heavy (non-hydrogen) atoms. The Bertz CT molecular complexity index is 529. The topological polar surface area (TPSA) is 33.4 Å². The second-order valence-corrected chi connectivity index (χ2v) is 5.12. The van der Waals surface area contributed by atoms with Crippen LogP contribution >= 0.6 is 22.6 Å². The first-order valence-corrected chi connectivity index (χ1v) is 6.72. The van der Waals surface area contributed by atoms with Crippen LogP contribution in [0, 0.1) is 10.5 Å². The molecule has 0 unspecified atom stereocenters. The van der Waals surface area contributed by atoms with Crippen LogP contribution in [-0.4, -0.2) is 5.11 Å². The van der Waals surface area contributed by atoms with Gasteiger partial charge >= 0.3 is 0 Å². The molecule has 0 aliphatic heterocycles. The molecule has 0 aliphatic carbocycles. The second-order valence-electron chi connectivity index (χ2n) is 4.04. The molecule has 2 aromatic rings. The highest BCUT2D eigenvalue weighted by atomic mass is 127. The smallest absolute Gasteiger partial charge is 0.134 e. The van der Waals surface area contributed by atoms with Gasteiger partial charge in [0, 0.05) is 9.13 Å². The van der Waals surface area contributed by atoms with Crippen LogP contribution in [0.2, 0.25) is 0 Å². The van der Waals surface area contributed by atoms with Crippen LogP contribution in [0.5, 0.6) is 0 Å². The molecule has 0 bridgehead atoms. The first-order chi connectivity index (χ1) is 8.15. The summed E-state index contributed by atoms with van der Waals surface area (Å²) >= 11 is 2.38. The summed E-state index contributed by atoms with van der Waals surface area (Å²) in [5, 5.41) is 9.00. The van der Waals surface area contributed by atoms with E-state index in [1.54, 1.807) is 0 Å². The lowest BCUT2D eigenvalue weighted by Gasteiger charge is -2.08. The molecule has 0 radical (unpaired) electrons. The first kappa shape index (κ1) is 12.6. The van der Waals surface area contributed by atoms with Crippen molar-refractivity contribution < 1.29 is 9.52 Å². The van der Waals surface area contributed by atoms with Crippen LogP contribution in [0.25, 0.3) is 11.3 Å². The largest absolute Gasteiger partial charge is 0.459 e. The summed E-state index contributed by atoms with van der Waals surface area (Å²) in [5.74, 6) is 1.43. The van der Waals surface area contributed by atoms with Crippen LogP contribution in [-0.2, 0) is 13.0 Å². The molecule has 2 nitrogen and oxygen atoms in total. The highest BCUT2D eigenvalue weighted by molar-refractivity contribution is 14.1. The summed E-state index contributed by atoms with van der Waals surface area (Å²) in [7, 11) is 0. The molecule has 0 spiro atoms. The van der Waals surface area contributed by atoms with E-state index in [4.69, 9.17) is 9.52 Å². The fraction of sp³-hybridized carbons (Fsp3) is 0.286. The molecule has 1 heterocycles. The normalized spacial score (nSPS) is 10.8. The third kappa shape index (κ3) is 2.55. The Morgan fingerprint density at radius 3 is 2.65 bits per heavy atom. The lowest BCUT2D eigenvalue weighted by Crippen LogP contribution is -1.91. The van der Waals surface area contributed by atoms with Gasteiger partial charge < -0.3 is 9.52 Å². The SMILES string of the molecule is CCc1cc(-c2ccc(CO)o2)cc(C)c1I. The van der Waals surface area contributed by atoms with E-state index in [1.807, 2.05) is 12.1 Å². The number of benzene rings is 1. The van der Waals surface area contributed by atoms with E-state index in [1.165, 1.54) is 14.7 Å². The second kappa shape index (κ2) is 5.23. The molecular formula is C14H15IO2. The number of hydrogen-bond donors (Lipinski definition) is 1. The van der Waals surface area contributed by atoms with Crippen LogP contribution in [0.15, 0.2) is 28.7 Å². The third-order valence-corrected chi connectivity index (χ3v) is 4.36. The van der Waals surface area contributed by atoms with Crippen LogP contribution < -0.4 is 0 Å². The minimum atomic E-state index is -0.0516. The molecule has 2 rings (SSSR count). The number of halogens is 1. The lowest BCUT2D eigenvalue weighted by molar-refractivity contribution is 0.248. The Labute approximate surface area is 115 Å². The Kier molecular flexibility index (Phi) is 3.89. The molecule has 1 aromatic carbocycles. The van der Waals surface area contributed by atoms with Gasteiger partial charge in [0.2, 0.25) is 0 Å². The van der Waals surface area contributed by atoms with E-state index in [0.717, 1.165) is 17.7 Å². The molecule has 0 saturated carbocycles. The first-order valence-electron chi connectivity index (χ1n) is 5.64. The Morgan fingerprint density at radius 1 is 1.29 bits per heavy atom. The lowest BCUT2D eigenvalue weighted by atomic mass is 10.0. The van der Waals surface area contributed by atoms with E-state index in [2.05, 4.69) is 48.6 Å². The summed E-state index contributed by atoms with van der Waals surface area (Å²) in [6, 6.07) is 8.01. The molecule has 3 heteroatoms. The highest BCUT2D eigenvalue weighted by Gasteiger charge is 2.09. The van der Waals surface area contributed by atoms with Crippen molar-refractivity contribution in [2.75, 3.05) is 0 Å². The maximum atomic E-state index is 9.00. The number of hydrogen-bond acceptors (Lipinski definition) is 2. The van der Waals surface area contributed by atoms with Crippen molar-refractivity contribution in [3.63, 3.8) is 0 Å². The van der Waals surface area contributed by atoms with Crippen LogP contribution in [0.3, 0.4) is 0 Å². The van der Waals surface area contributed by atoms with E-state index in [0.29, 0.717) is 5.76 Å². The predicted molar refractivity (Wildman–Crippen MR) is 76.9 cm³/mol. The fourth-order valence-corrected chi connectivity index (χ4v) is 2.55. The molecule has 0 amide bonds. The summed E-state index contributed by atoms with van der Waals surface area (Å²) in [5.41, 5.74) is 3.68. The molecule has 0 saturated heterocycles. The average molecular weight is 342 g/mol. The van der Waals surface area contributed by atoms with Gasteiger partial charge in [-0.25, -0.2) is 0 Å². The Morgan fingerprint density at radius 2 is 2.06 bits per heavy atom. The summed E-state index contributed by atoms with van der Waals surface area (Å²) in [4.78, 5) is 0. The van der Waals surface area contributed by atoms with Crippen molar-refractivity contribution in [1.29, 1.82) is 0 Å². The number of rotatable bonds is 3. The zero-order valence-electron chi connectivity index (χ0n) is 9.96. The molecule has 0 atom stereocenters. The number of furan rings is 1. The van der Waals surface area contributed by atoms with E-state index >= 15 is 0 Å². The van der Waals surface area contributed by atoms with Crippen molar-refractivity contribution >= 4 is 22.6 Å². The van der Waals surface area contributed by atoms with Gasteiger partial charge in [0.1, 0.15) is 18.1 Å². The molecular weight excluding hydrogens is 327 g/mol. The summed E-state index contributed by atoms with van der Waals surface area (Å²) in [6.45, 7) is 4.21. The van der Waals surface area contributed by atoms with Gasteiger partial charge in [-0.05, 0) is 71.3 Å². The van der Waals surface area contributed by atoms with Gasteiger partial charge in [-0.2, -0.15) is 0 Å². The van der Waals surface area contributed by atoms with Crippen molar-refractivity contribution in [2.45, 2.75) is 26.9 Å². The molecule has 0 aliphatic rings. The van der Waals surface area contributed by atoms with Crippen molar-refractivity contribution in [1.82, 2.24) is 0 Å². The van der Waals surface area contributed by atoms with Gasteiger partial charge in [0.05, 0.1) is 0 Å². The Balaban J connectivity index is 2.48. The fourth-order valence-electron chi connectivity index (χ4n) is 1.86. The maximum Gasteiger partial charge on any atom is 0.134 e. The van der Waals surface area contributed by atoms with Crippen molar-refractivity contribution in [2.24, 2.45) is 0 Å². The quantitative estimate of drug-likeness (QED) is 0.858. The van der Waals surface area contributed by atoms with E-state index < -0.39 is 0 Å². The Hall–Kier alpha value is -0.810. The molecule has 1 N–H and O–H groups in total. The standard InChI is InChI=1S/C14H15IO2/c1-3-10-7-11(6-9(2)14(10)15)13-5-4-12(8-16)17-13/h4-7,16H,3,8H2,1-2H3. The molecule has 90 valence electrons. The zero-order valence-corrected chi connectivity index (χ0v) is 12.1. The minimum Gasteiger partial charge on any atom is -0.459 e. The monoisotopic (exact) mass is 342 g/mol. The van der Waals surface area contributed by atoms with Gasteiger partial charge in [0.25, 0.3) is 0 Å². The van der Waals surface area contributed by atoms with Crippen LogP contribution in [0.1, 0.15) is 23.8 Å². The van der Waals surface area contributed by atoms with Gasteiger partial charge in [-0.3, -0.25) is 0 Å². The minimum absolute atomic E-state index is 0.0516. The van der Waals surface area contributed by atoms with Crippen LogP contribution in [0.4, 0.5) is 0 Å². The van der Waals surface area contributed by atoms with Crippen molar-refractivity contribution in [3.8, 4) is 11.3 Å². The number of aliphatic hydroxyl groups is 1. The zero-order chi connectivity index (χ0) is 12.4.